The molecule has 1 aliphatic heterocycles. The van der Waals surface area contributed by atoms with Crippen molar-refractivity contribution in [2.75, 3.05) is 7.11 Å². The average Bonchev–Trinajstić information content (AvgIpc) is 3.17. The Bertz CT molecular complexity index is 922. The van der Waals surface area contributed by atoms with Crippen molar-refractivity contribution in [2.45, 2.75) is 57.9 Å². The van der Waals surface area contributed by atoms with Crippen molar-refractivity contribution in [3.8, 4) is 5.75 Å². The van der Waals surface area contributed by atoms with Gasteiger partial charge in [-0.15, -0.1) is 0 Å². The molecular weight excluding hydrogens is 401 g/mol. The number of amides is 1. The van der Waals surface area contributed by atoms with Gasteiger partial charge in [-0.3, -0.25) is 4.90 Å². The van der Waals surface area contributed by atoms with Gasteiger partial charge in [0, 0.05) is 5.56 Å². The molecule has 7 heteroatoms. The van der Waals surface area contributed by atoms with Crippen LogP contribution < -0.4 is 4.74 Å². The summed E-state index contributed by atoms with van der Waals surface area (Å²) in [7, 11) is 1.31. The molecule has 2 unspecified atom stereocenters. The molecular formula is C24H28FNO5. The molecule has 0 radical (unpaired) electrons. The minimum atomic E-state index is -0.693. The number of carbonyl (C=O) groups is 2. The fourth-order valence-corrected chi connectivity index (χ4v) is 3.64. The lowest BCUT2D eigenvalue weighted by atomic mass is 10.0. The SMILES string of the molecule is COC(=O)C1CCC(c2ccc(OCc3ccccc3F)cc2)N1C(=O)OC(C)(C)C. The highest BCUT2D eigenvalue weighted by Gasteiger charge is 2.44. The molecule has 2 atom stereocenters. The Morgan fingerprint density at radius 2 is 1.74 bits per heavy atom. The molecule has 0 spiro atoms. The molecule has 1 amide bonds. The number of likely N-dealkylation sites (tertiary alicyclic amines) is 1. The van der Waals surface area contributed by atoms with Crippen molar-refractivity contribution < 1.29 is 28.2 Å². The number of nitrogens with zero attached hydrogens (tertiary/aromatic N) is 1. The Labute approximate surface area is 181 Å². The lowest BCUT2D eigenvalue weighted by Crippen LogP contribution is -2.44. The van der Waals surface area contributed by atoms with Crippen LogP contribution in [-0.2, 0) is 20.9 Å². The predicted molar refractivity (Wildman–Crippen MR) is 113 cm³/mol. The van der Waals surface area contributed by atoms with E-state index in [0.29, 0.717) is 24.2 Å². The van der Waals surface area contributed by atoms with Crippen LogP contribution in [0, 0.1) is 5.82 Å². The number of hydrogen-bond donors (Lipinski definition) is 0. The quantitative estimate of drug-likeness (QED) is 0.625. The molecule has 0 N–H and O–H groups in total. The van der Waals surface area contributed by atoms with Crippen LogP contribution in [0.5, 0.6) is 5.75 Å². The summed E-state index contributed by atoms with van der Waals surface area (Å²) in [6.07, 6.45) is 0.543. The Morgan fingerprint density at radius 3 is 2.35 bits per heavy atom. The Hall–Kier alpha value is -3.09. The number of ether oxygens (including phenoxy) is 3. The first-order chi connectivity index (χ1) is 14.7. The normalized spacial score (nSPS) is 18.5. The number of methoxy groups -OCH3 is 1. The largest absolute Gasteiger partial charge is 0.489 e. The Kier molecular flexibility index (Phi) is 6.83. The molecule has 1 aliphatic rings. The van der Waals surface area contributed by atoms with Crippen LogP contribution in [0.25, 0.3) is 0 Å². The van der Waals surface area contributed by atoms with E-state index in [1.165, 1.54) is 18.1 Å². The van der Waals surface area contributed by atoms with Gasteiger partial charge in [-0.2, -0.15) is 0 Å². The first-order valence-corrected chi connectivity index (χ1v) is 10.2. The summed E-state index contributed by atoms with van der Waals surface area (Å²) in [6, 6.07) is 12.7. The van der Waals surface area contributed by atoms with Crippen LogP contribution in [0.2, 0.25) is 0 Å². The van der Waals surface area contributed by atoms with E-state index in [2.05, 4.69) is 0 Å². The molecule has 6 nitrogen and oxygen atoms in total. The van der Waals surface area contributed by atoms with E-state index in [1.807, 2.05) is 12.1 Å². The van der Waals surface area contributed by atoms with Gasteiger partial charge in [0.05, 0.1) is 13.2 Å². The van der Waals surface area contributed by atoms with E-state index in [-0.39, 0.29) is 18.5 Å². The maximum absolute atomic E-state index is 13.8. The minimum Gasteiger partial charge on any atom is -0.489 e. The van der Waals surface area contributed by atoms with Crippen molar-refractivity contribution in [3.05, 3.63) is 65.5 Å². The van der Waals surface area contributed by atoms with E-state index in [0.717, 1.165) is 5.56 Å². The second-order valence-electron chi connectivity index (χ2n) is 8.47. The highest BCUT2D eigenvalue weighted by Crippen LogP contribution is 2.38. The molecule has 2 aromatic carbocycles. The second kappa shape index (κ2) is 9.37. The van der Waals surface area contributed by atoms with Crippen molar-refractivity contribution >= 4 is 12.1 Å². The standard InChI is InChI=1S/C24H28FNO5/c1-24(2,3)31-23(28)26-20(13-14-21(26)22(27)29-4)16-9-11-18(12-10-16)30-15-17-7-5-6-8-19(17)25/h5-12,20-21H,13-15H2,1-4H3. The first kappa shape index (κ1) is 22.6. The van der Waals surface area contributed by atoms with E-state index in [1.54, 1.807) is 51.1 Å². The summed E-state index contributed by atoms with van der Waals surface area (Å²) in [6.45, 7) is 5.46. The molecule has 0 aromatic heterocycles. The number of benzene rings is 2. The summed E-state index contributed by atoms with van der Waals surface area (Å²) in [5, 5.41) is 0. The van der Waals surface area contributed by atoms with E-state index in [4.69, 9.17) is 14.2 Å². The van der Waals surface area contributed by atoms with E-state index in [9.17, 15) is 14.0 Å². The number of rotatable bonds is 5. The van der Waals surface area contributed by atoms with Crippen LogP contribution in [-0.4, -0.2) is 35.7 Å². The summed E-state index contributed by atoms with van der Waals surface area (Å²) < 4.78 is 29.9. The van der Waals surface area contributed by atoms with Crippen LogP contribution in [0.4, 0.5) is 9.18 Å². The van der Waals surface area contributed by atoms with Gasteiger partial charge in [-0.1, -0.05) is 30.3 Å². The van der Waals surface area contributed by atoms with Crippen LogP contribution in [0.15, 0.2) is 48.5 Å². The smallest absolute Gasteiger partial charge is 0.411 e. The molecule has 1 saturated heterocycles. The van der Waals surface area contributed by atoms with Crippen LogP contribution >= 0.6 is 0 Å². The maximum atomic E-state index is 13.8. The fraction of sp³-hybridized carbons (Fsp3) is 0.417. The zero-order valence-corrected chi connectivity index (χ0v) is 18.3. The minimum absolute atomic E-state index is 0.115. The third-order valence-corrected chi connectivity index (χ3v) is 5.08. The topological polar surface area (TPSA) is 65.1 Å². The van der Waals surface area contributed by atoms with Gasteiger partial charge in [0.2, 0.25) is 0 Å². The van der Waals surface area contributed by atoms with Crippen LogP contribution in [0.3, 0.4) is 0 Å². The van der Waals surface area contributed by atoms with E-state index < -0.39 is 23.7 Å². The summed E-state index contributed by atoms with van der Waals surface area (Å²) in [5.41, 5.74) is 0.643. The number of hydrogen-bond acceptors (Lipinski definition) is 5. The summed E-state index contributed by atoms with van der Waals surface area (Å²) in [5.74, 6) is -0.191. The molecule has 3 rings (SSSR count). The lowest BCUT2D eigenvalue weighted by molar-refractivity contribution is -0.146. The van der Waals surface area contributed by atoms with Crippen LogP contribution in [0.1, 0.15) is 50.8 Å². The number of halogens is 1. The monoisotopic (exact) mass is 429 g/mol. The van der Waals surface area contributed by atoms with Crippen molar-refractivity contribution in [1.82, 2.24) is 4.90 Å². The second-order valence-corrected chi connectivity index (χ2v) is 8.47. The summed E-state index contributed by atoms with van der Waals surface area (Å²) >= 11 is 0. The molecule has 2 aromatic rings. The number of carbonyl (C=O) groups excluding carboxylic acids is 2. The van der Waals surface area contributed by atoms with Gasteiger partial charge in [0.25, 0.3) is 0 Å². The van der Waals surface area contributed by atoms with Crippen molar-refractivity contribution in [2.24, 2.45) is 0 Å². The van der Waals surface area contributed by atoms with Gasteiger partial charge >= 0.3 is 12.1 Å². The van der Waals surface area contributed by atoms with Gasteiger partial charge in [0.1, 0.15) is 29.8 Å². The third kappa shape index (κ3) is 5.54. The Morgan fingerprint density at radius 1 is 1.06 bits per heavy atom. The number of esters is 1. The molecule has 1 heterocycles. The summed E-state index contributed by atoms with van der Waals surface area (Å²) in [4.78, 5) is 26.6. The lowest BCUT2D eigenvalue weighted by Gasteiger charge is -2.31. The first-order valence-electron chi connectivity index (χ1n) is 10.2. The van der Waals surface area contributed by atoms with Crippen molar-refractivity contribution in [3.63, 3.8) is 0 Å². The predicted octanol–water partition coefficient (Wildman–Crippen LogP) is 5.02. The zero-order valence-electron chi connectivity index (χ0n) is 18.3. The zero-order chi connectivity index (χ0) is 22.6. The molecule has 0 saturated carbocycles. The Balaban J connectivity index is 1.75. The van der Waals surface area contributed by atoms with Gasteiger partial charge in [-0.25, -0.2) is 14.0 Å². The van der Waals surface area contributed by atoms with Crippen molar-refractivity contribution in [1.29, 1.82) is 0 Å². The highest BCUT2D eigenvalue weighted by molar-refractivity contribution is 5.82. The molecule has 166 valence electrons. The van der Waals surface area contributed by atoms with Gasteiger partial charge < -0.3 is 14.2 Å². The molecule has 0 bridgehead atoms. The molecule has 31 heavy (non-hydrogen) atoms. The third-order valence-electron chi connectivity index (χ3n) is 5.08. The van der Waals surface area contributed by atoms with Gasteiger partial charge in [0.15, 0.2) is 0 Å². The highest BCUT2D eigenvalue weighted by atomic mass is 19.1. The fourth-order valence-electron chi connectivity index (χ4n) is 3.64. The molecule has 1 fully saturated rings. The molecule has 0 aliphatic carbocycles. The van der Waals surface area contributed by atoms with E-state index >= 15 is 0 Å². The maximum Gasteiger partial charge on any atom is 0.411 e. The van der Waals surface area contributed by atoms with Gasteiger partial charge in [-0.05, 0) is 57.4 Å². The average molecular weight is 429 g/mol.